The molecule has 8 unspecified atom stereocenters. The number of amides is 3. The highest BCUT2D eigenvalue weighted by molar-refractivity contribution is 5.78. The topological polar surface area (TPSA) is 94.3 Å². The van der Waals surface area contributed by atoms with Gasteiger partial charge in [0.25, 0.3) is 0 Å². The number of urea groups is 1. The Morgan fingerprint density at radius 1 is 1.02 bits per heavy atom. The standard InChI is InChI=1S/C37H61N3O5/c1-22(2)31(41)40-15-16-43-29(20-40)45-28-11-12-36-21-37(36)14-13-34(6)30-23(3)17-24(19-39(8)32(38)42)44-25(30)18-35(34,7)27(37)10-9-26(36)33(28,4)5/h22-30H,9-21H2,1-8H3,(H2,38,42)/t23-,24?,25?,26?,27?,28+,29?,30?,34?,35+,36-,37?/m1/s1. The highest BCUT2D eigenvalue weighted by Gasteiger charge is 2.83. The Morgan fingerprint density at radius 3 is 2.44 bits per heavy atom. The second-order valence-electron chi connectivity index (χ2n) is 18.2. The van der Waals surface area contributed by atoms with Gasteiger partial charge in [0.05, 0.1) is 31.5 Å². The van der Waals surface area contributed by atoms with E-state index in [2.05, 4.69) is 34.6 Å². The molecule has 12 atom stereocenters. The van der Waals surface area contributed by atoms with Crippen LogP contribution < -0.4 is 5.73 Å². The first kappa shape index (κ1) is 32.2. The van der Waals surface area contributed by atoms with Gasteiger partial charge >= 0.3 is 6.03 Å². The molecule has 254 valence electrons. The number of nitrogens with zero attached hydrogens (tertiary/aromatic N) is 2. The van der Waals surface area contributed by atoms with E-state index in [0.717, 1.165) is 25.2 Å². The number of hydrogen-bond acceptors (Lipinski definition) is 5. The summed E-state index contributed by atoms with van der Waals surface area (Å²) in [6.45, 7) is 19.0. The summed E-state index contributed by atoms with van der Waals surface area (Å²) in [7, 11) is 1.79. The van der Waals surface area contributed by atoms with Gasteiger partial charge in [-0.3, -0.25) is 4.79 Å². The number of fused-ring (bicyclic) bond motifs is 4. The van der Waals surface area contributed by atoms with E-state index in [-0.39, 0.29) is 58.7 Å². The van der Waals surface area contributed by atoms with Crippen LogP contribution in [0, 0.1) is 56.7 Å². The largest absolute Gasteiger partial charge is 0.373 e. The molecule has 5 saturated carbocycles. The second kappa shape index (κ2) is 10.6. The zero-order chi connectivity index (χ0) is 32.3. The van der Waals surface area contributed by atoms with E-state index < -0.39 is 0 Å². The molecule has 0 aromatic heterocycles. The van der Waals surface area contributed by atoms with E-state index in [1.807, 2.05) is 18.7 Å². The van der Waals surface area contributed by atoms with E-state index in [1.54, 1.807) is 11.9 Å². The zero-order valence-electron chi connectivity index (χ0n) is 29.4. The van der Waals surface area contributed by atoms with Crippen molar-refractivity contribution in [1.29, 1.82) is 0 Å². The first-order chi connectivity index (χ1) is 21.1. The van der Waals surface area contributed by atoms with Crippen LogP contribution >= 0.6 is 0 Å². The Kier molecular flexibility index (Phi) is 7.55. The average molecular weight is 628 g/mol. The van der Waals surface area contributed by atoms with Gasteiger partial charge in [-0.2, -0.15) is 0 Å². The first-order valence-electron chi connectivity index (χ1n) is 18.3. The van der Waals surface area contributed by atoms with Crippen LogP contribution in [0.1, 0.15) is 106 Å². The monoisotopic (exact) mass is 627 g/mol. The lowest BCUT2D eigenvalue weighted by Crippen LogP contribution is -2.59. The van der Waals surface area contributed by atoms with Crippen LogP contribution in [0.15, 0.2) is 0 Å². The normalized spacial score (nSPS) is 49.7. The van der Waals surface area contributed by atoms with Crippen LogP contribution in [-0.2, 0) is 19.0 Å². The molecule has 2 N–H and O–H groups in total. The van der Waals surface area contributed by atoms with Crippen molar-refractivity contribution in [2.75, 3.05) is 33.3 Å². The fourth-order valence-electron chi connectivity index (χ4n) is 13.6. The lowest BCUT2D eigenvalue weighted by molar-refractivity contribution is -0.246. The van der Waals surface area contributed by atoms with Crippen molar-refractivity contribution in [2.24, 2.45) is 62.4 Å². The number of carbonyl (C=O) groups is 2. The third-order valence-electron chi connectivity index (χ3n) is 15.7. The van der Waals surface area contributed by atoms with Crippen molar-refractivity contribution >= 4 is 11.9 Å². The van der Waals surface area contributed by atoms with Crippen molar-refractivity contribution in [3.8, 4) is 0 Å². The Bertz CT molecular complexity index is 1210. The van der Waals surface area contributed by atoms with E-state index >= 15 is 0 Å². The van der Waals surface area contributed by atoms with Crippen molar-refractivity contribution in [3.63, 3.8) is 0 Å². The number of morpholine rings is 1. The molecular formula is C37H61N3O5. The predicted octanol–water partition coefficient (Wildman–Crippen LogP) is 6.07. The van der Waals surface area contributed by atoms with Gasteiger partial charge in [0.15, 0.2) is 6.29 Å². The number of primary amides is 1. The van der Waals surface area contributed by atoms with E-state index in [0.29, 0.717) is 54.8 Å². The molecule has 8 nitrogen and oxygen atoms in total. The van der Waals surface area contributed by atoms with E-state index in [9.17, 15) is 9.59 Å². The summed E-state index contributed by atoms with van der Waals surface area (Å²) in [5.74, 6) is 2.78. The van der Waals surface area contributed by atoms with Crippen LogP contribution in [0.3, 0.4) is 0 Å². The molecule has 2 aliphatic heterocycles. The molecule has 7 aliphatic rings. The van der Waals surface area contributed by atoms with E-state index in [4.69, 9.17) is 19.9 Å². The minimum atomic E-state index is -0.373. The molecule has 2 heterocycles. The van der Waals surface area contributed by atoms with Crippen LogP contribution in [0.2, 0.25) is 0 Å². The SMILES string of the molecule is CC(C)C(=O)N1CCOC(O[C@H]2CC[C@]34CC35CCC3(C)C6C(C[C@@]3(C)C5CCC4C2(C)C)OC(CN(C)C(N)=O)C[C@H]6C)C1. The Hall–Kier alpha value is -1.38. The summed E-state index contributed by atoms with van der Waals surface area (Å²) in [4.78, 5) is 28.1. The molecule has 0 aromatic rings. The molecule has 5 aliphatic carbocycles. The molecular weight excluding hydrogens is 566 g/mol. The molecule has 2 spiro atoms. The molecule has 7 fully saturated rings. The molecule has 0 bridgehead atoms. The number of nitrogens with two attached hydrogens (primary N) is 1. The fraction of sp³-hybridized carbons (Fsp3) is 0.946. The van der Waals surface area contributed by atoms with Crippen molar-refractivity contribution in [1.82, 2.24) is 9.80 Å². The second-order valence-corrected chi connectivity index (χ2v) is 18.2. The Labute approximate surface area is 271 Å². The lowest BCUT2D eigenvalue weighted by atomic mass is 9.41. The number of carbonyl (C=O) groups excluding carboxylic acids is 2. The lowest BCUT2D eigenvalue weighted by Gasteiger charge is -2.63. The molecule has 0 radical (unpaired) electrons. The summed E-state index contributed by atoms with van der Waals surface area (Å²) in [5, 5.41) is 0. The maximum absolute atomic E-state index is 12.7. The minimum absolute atomic E-state index is 0.00117. The third kappa shape index (κ3) is 4.46. The minimum Gasteiger partial charge on any atom is -0.373 e. The zero-order valence-corrected chi connectivity index (χ0v) is 29.4. The van der Waals surface area contributed by atoms with Crippen molar-refractivity contribution in [2.45, 2.75) is 131 Å². The molecule has 0 aromatic carbocycles. The Balaban J connectivity index is 1.08. The van der Waals surface area contributed by atoms with Crippen LogP contribution in [0.5, 0.6) is 0 Å². The van der Waals surface area contributed by atoms with Gasteiger partial charge in [-0.25, -0.2) is 4.79 Å². The predicted molar refractivity (Wildman–Crippen MR) is 173 cm³/mol. The molecule has 45 heavy (non-hydrogen) atoms. The molecule has 3 amide bonds. The highest BCUT2D eigenvalue weighted by atomic mass is 16.7. The average Bonchev–Trinajstić information content (AvgIpc) is 3.57. The molecule has 2 saturated heterocycles. The van der Waals surface area contributed by atoms with Gasteiger partial charge in [0.2, 0.25) is 5.91 Å². The summed E-state index contributed by atoms with van der Waals surface area (Å²) < 4.78 is 19.8. The number of rotatable bonds is 5. The van der Waals surface area contributed by atoms with Gasteiger partial charge in [-0.1, -0.05) is 48.5 Å². The smallest absolute Gasteiger partial charge is 0.314 e. The summed E-state index contributed by atoms with van der Waals surface area (Å²) >= 11 is 0. The number of hydrogen-bond donors (Lipinski definition) is 1. The number of ether oxygens (including phenoxy) is 3. The molecule has 8 heteroatoms. The van der Waals surface area contributed by atoms with Crippen LogP contribution in [0.4, 0.5) is 4.79 Å². The maximum Gasteiger partial charge on any atom is 0.314 e. The van der Waals surface area contributed by atoms with Crippen LogP contribution in [-0.4, -0.2) is 79.6 Å². The van der Waals surface area contributed by atoms with Gasteiger partial charge in [0.1, 0.15) is 0 Å². The van der Waals surface area contributed by atoms with Gasteiger partial charge in [0, 0.05) is 26.1 Å². The molecule has 7 rings (SSSR count). The summed E-state index contributed by atoms with van der Waals surface area (Å²) in [6, 6.07) is -0.373. The third-order valence-corrected chi connectivity index (χ3v) is 15.7. The summed E-state index contributed by atoms with van der Waals surface area (Å²) in [5.41, 5.74) is 7.10. The van der Waals surface area contributed by atoms with Gasteiger partial charge in [-0.15, -0.1) is 0 Å². The van der Waals surface area contributed by atoms with E-state index in [1.165, 1.54) is 38.5 Å². The van der Waals surface area contributed by atoms with Gasteiger partial charge in [-0.05, 0) is 109 Å². The van der Waals surface area contributed by atoms with Crippen LogP contribution in [0.25, 0.3) is 0 Å². The van der Waals surface area contributed by atoms with Crippen molar-refractivity contribution < 1.29 is 23.8 Å². The van der Waals surface area contributed by atoms with Gasteiger partial charge < -0.3 is 29.7 Å². The number of likely N-dealkylation sites (N-methyl/N-ethyl adjacent to an activating group) is 1. The van der Waals surface area contributed by atoms with Crippen molar-refractivity contribution in [3.05, 3.63) is 0 Å². The quantitative estimate of drug-likeness (QED) is 0.400. The maximum atomic E-state index is 12.7. The summed E-state index contributed by atoms with van der Waals surface area (Å²) in [6.07, 6.45) is 11.4. The highest BCUT2D eigenvalue weighted by Crippen LogP contribution is 2.89. The Morgan fingerprint density at radius 2 is 1.73 bits per heavy atom. The fourth-order valence-corrected chi connectivity index (χ4v) is 13.6. The first-order valence-corrected chi connectivity index (χ1v) is 18.3.